The molecule has 1 saturated heterocycles. The molecule has 0 saturated carbocycles. The Morgan fingerprint density at radius 1 is 1.69 bits per heavy atom. The number of Topliss-reactive ketones (excluding diaryl/α,β-unsaturated/α-hetero) is 1. The molecule has 2 nitrogen and oxygen atoms in total. The molecule has 1 aliphatic heterocycles. The molecular formula is C10H13NOS. The Kier molecular flexibility index (Phi) is 2.76. The molecule has 3 heteroatoms. The van der Waals surface area contributed by atoms with E-state index in [9.17, 15) is 4.79 Å². The molecule has 0 unspecified atom stereocenters. The van der Waals surface area contributed by atoms with Crippen molar-refractivity contribution in [2.24, 2.45) is 0 Å². The molecule has 0 radical (unpaired) electrons. The smallest absolute Gasteiger partial charge is 0.174 e. The number of nitrogens with one attached hydrogen (secondary N) is 1. The fraction of sp³-hybridized carbons (Fsp3) is 0.500. The number of rotatable bonds is 3. The molecule has 13 heavy (non-hydrogen) atoms. The Morgan fingerprint density at radius 2 is 2.62 bits per heavy atom. The zero-order valence-electron chi connectivity index (χ0n) is 7.45. The van der Waals surface area contributed by atoms with Gasteiger partial charge in [0.1, 0.15) is 0 Å². The van der Waals surface area contributed by atoms with Crippen LogP contribution in [0.3, 0.4) is 0 Å². The second-order valence-corrected chi connectivity index (χ2v) is 4.35. The Bertz CT molecular complexity index is 275. The highest BCUT2D eigenvalue weighted by atomic mass is 32.1. The van der Waals surface area contributed by atoms with Crippen molar-refractivity contribution in [1.82, 2.24) is 5.32 Å². The van der Waals surface area contributed by atoms with Crippen molar-refractivity contribution in [2.45, 2.75) is 25.3 Å². The van der Waals surface area contributed by atoms with Crippen LogP contribution in [0.2, 0.25) is 0 Å². The highest BCUT2D eigenvalue weighted by molar-refractivity contribution is 7.12. The predicted octanol–water partition coefficient (Wildman–Crippen LogP) is 2.07. The van der Waals surface area contributed by atoms with E-state index in [1.165, 1.54) is 17.8 Å². The van der Waals surface area contributed by atoms with E-state index in [1.54, 1.807) is 0 Å². The number of ketones is 1. The summed E-state index contributed by atoms with van der Waals surface area (Å²) < 4.78 is 0. The summed E-state index contributed by atoms with van der Waals surface area (Å²) in [6.45, 7) is 1.07. The first kappa shape index (κ1) is 8.91. The third kappa shape index (κ3) is 2.17. The molecule has 1 fully saturated rings. The Morgan fingerprint density at radius 3 is 3.23 bits per heavy atom. The van der Waals surface area contributed by atoms with Gasteiger partial charge in [0.15, 0.2) is 5.78 Å². The lowest BCUT2D eigenvalue weighted by molar-refractivity contribution is 0.0975. The van der Waals surface area contributed by atoms with Crippen LogP contribution in [0.1, 0.15) is 28.9 Å². The molecule has 1 atom stereocenters. The first-order valence-electron chi connectivity index (χ1n) is 4.66. The van der Waals surface area contributed by atoms with Crippen LogP contribution >= 0.6 is 11.3 Å². The minimum Gasteiger partial charge on any atom is -0.314 e. The van der Waals surface area contributed by atoms with Crippen LogP contribution in [0.25, 0.3) is 0 Å². The minimum absolute atomic E-state index is 0.286. The molecule has 1 aromatic heterocycles. The van der Waals surface area contributed by atoms with Crippen molar-refractivity contribution in [3.8, 4) is 0 Å². The van der Waals surface area contributed by atoms with Gasteiger partial charge in [0.2, 0.25) is 0 Å². The first-order chi connectivity index (χ1) is 6.36. The van der Waals surface area contributed by atoms with Crippen molar-refractivity contribution in [3.63, 3.8) is 0 Å². The zero-order chi connectivity index (χ0) is 9.10. The predicted molar refractivity (Wildman–Crippen MR) is 54.3 cm³/mol. The van der Waals surface area contributed by atoms with Crippen molar-refractivity contribution in [1.29, 1.82) is 0 Å². The molecule has 1 aliphatic rings. The van der Waals surface area contributed by atoms with Gasteiger partial charge >= 0.3 is 0 Å². The van der Waals surface area contributed by atoms with Crippen LogP contribution in [-0.4, -0.2) is 18.4 Å². The fourth-order valence-corrected chi connectivity index (χ4v) is 2.37. The van der Waals surface area contributed by atoms with Crippen LogP contribution in [-0.2, 0) is 0 Å². The van der Waals surface area contributed by atoms with Gasteiger partial charge in [-0.2, -0.15) is 0 Å². The normalized spacial score (nSPS) is 22.0. The summed E-state index contributed by atoms with van der Waals surface area (Å²) in [5, 5.41) is 5.29. The molecular weight excluding hydrogens is 182 g/mol. The van der Waals surface area contributed by atoms with Crippen molar-refractivity contribution < 1.29 is 4.79 Å². The molecule has 70 valence electrons. The second kappa shape index (κ2) is 4.03. The van der Waals surface area contributed by atoms with Crippen LogP contribution in [0.5, 0.6) is 0 Å². The lowest BCUT2D eigenvalue weighted by atomic mass is 10.1. The number of carbonyl (C=O) groups excluding carboxylic acids is 1. The zero-order valence-corrected chi connectivity index (χ0v) is 8.27. The Balaban J connectivity index is 1.91. The Hall–Kier alpha value is -0.670. The minimum atomic E-state index is 0.286. The molecule has 0 bridgehead atoms. The molecule has 1 aromatic rings. The quantitative estimate of drug-likeness (QED) is 0.748. The number of hydrogen-bond acceptors (Lipinski definition) is 3. The lowest BCUT2D eigenvalue weighted by Crippen LogP contribution is -2.24. The van der Waals surface area contributed by atoms with Crippen LogP contribution < -0.4 is 5.32 Å². The average molecular weight is 195 g/mol. The van der Waals surface area contributed by atoms with Gasteiger partial charge in [-0.15, -0.1) is 11.3 Å². The van der Waals surface area contributed by atoms with Crippen LogP contribution in [0, 0.1) is 0 Å². The third-order valence-electron chi connectivity index (χ3n) is 2.39. The monoisotopic (exact) mass is 195 g/mol. The molecule has 2 heterocycles. The van der Waals surface area contributed by atoms with Gasteiger partial charge in [0.05, 0.1) is 4.88 Å². The molecule has 0 spiro atoms. The maximum atomic E-state index is 11.6. The van der Waals surface area contributed by atoms with Crippen LogP contribution in [0.4, 0.5) is 0 Å². The van der Waals surface area contributed by atoms with Crippen molar-refractivity contribution in [3.05, 3.63) is 22.4 Å². The maximum absolute atomic E-state index is 11.6. The molecule has 2 rings (SSSR count). The van der Waals surface area contributed by atoms with Gasteiger partial charge in [-0.3, -0.25) is 4.79 Å². The fourth-order valence-electron chi connectivity index (χ4n) is 1.69. The summed E-state index contributed by atoms with van der Waals surface area (Å²) >= 11 is 1.54. The standard InChI is InChI=1S/C10H13NOS/c12-9(10-4-2-6-13-10)7-8-3-1-5-11-8/h2,4,6,8,11H,1,3,5,7H2/t8-/m0/s1. The van der Waals surface area contributed by atoms with E-state index >= 15 is 0 Å². The molecule has 0 aliphatic carbocycles. The third-order valence-corrected chi connectivity index (χ3v) is 3.30. The van der Waals surface area contributed by atoms with Gasteiger partial charge in [0, 0.05) is 12.5 Å². The van der Waals surface area contributed by atoms with E-state index in [-0.39, 0.29) is 5.78 Å². The summed E-state index contributed by atoms with van der Waals surface area (Å²) in [7, 11) is 0. The number of hydrogen-bond donors (Lipinski definition) is 1. The van der Waals surface area contributed by atoms with Gasteiger partial charge in [-0.25, -0.2) is 0 Å². The van der Waals surface area contributed by atoms with Gasteiger partial charge in [-0.05, 0) is 30.8 Å². The van der Waals surface area contributed by atoms with Gasteiger partial charge < -0.3 is 5.32 Å². The summed E-state index contributed by atoms with van der Waals surface area (Å²) in [6.07, 6.45) is 3.03. The summed E-state index contributed by atoms with van der Waals surface area (Å²) in [5.41, 5.74) is 0. The highest BCUT2D eigenvalue weighted by Gasteiger charge is 2.18. The van der Waals surface area contributed by atoms with Gasteiger partial charge in [-0.1, -0.05) is 6.07 Å². The van der Waals surface area contributed by atoms with Gasteiger partial charge in [0.25, 0.3) is 0 Å². The second-order valence-electron chi connectivity index (χ2n) is 3.40. The average Bonchev–Trinajstić information content (AvgIpc) is 2.74. The maximum Gasteiger partial charge on any atom is 0.174 e. The van der Waals surface area contributed by atoms with Crippen molar-refractivity contribution >= 4 is 17.1 Å². The van der Waals surface area contributed by atoms with E-state index < -0.39 is 0 Å². The van der Waals surface area contributed by atoms with E-state index in [0.29, 0.717) is 12.5 Å². The van der Waals surface area contributed by atoms with E-state index in [2.05, 4.69) is 5.32 Å². The largest absolute Gasteiger partial charge is 0.314 e. The Labute approximate surface area is 82.0 Å². The number of thiophene rings is 1. The van der Waals surface area contributed by atoms with E-state index in [1.807, 2.05) is 17.5 Å². The van der Waals surface area contributed by atoms with Crippen LogP contribution in [0.15, 0.2) is 17.5 Å². The van der Waals surface area contributed by atoms with Crippen molar-refractivity contribution in [2.75, 3.05) is 6.54 Å². The molecule has 0 amide bonds. The first-order valence-corrected chi connectivity index (χ1v) is 5.54. The summed E-state index contributed by atoms with van der Waals surface area (Å²) in [5.74, 6) is 0.286. The molecule has 1 N–H and O–H groups in total. The highest BCUT2D eigenvalue weighted by Crippen LogP contribution is 2.16. The number of carbonyl (C=O) groups is 1. The topological polar surface area (TPSA) is 29.1 Å². The lowest BCUT2D eigenvalue weighted by Gasteiger charge is -2.06. The SMILES string of the molecule is O=C(C[C@@H]1CCCN1)c1cccs1. The summed E-state index contributed by atoms with van der Waals surface area (Å²) in [4.78, 5) is 12.5. The molecule has 0 aromatic carbocycles. The summed E-state index contributed by atoms with van der Waals surface area (Å²) in [6, 6.07) is 4.26. The van der Waals surface area contributed by atoms with E-state index in [4.69, 9.17) is 0 Å². The van der Waals surface area contributed by atoms with E-state index in [0.717, 1.165) is 17.8 Å².